The lowest BCUT2D eigenvalue weighted by atomic mass is 10.1. The molecule has 1 heterocycles. The van der Waals surface area contributed by atoms with Gasteiger partial charge in [-0.25, -0.2) is 0 Å². The maximum Gasteiger partial charge on any atom is 0.323 e. The monoisotopic (exact) mass is 236 g/mol. The molecule has 1 saturated heterocycles. The van der Waals surface area contributed by atoms with Gasteiger partial charge in [0.25, 0.3) is 5.69 Å². The van der Waals surface area contributed by atoms with Crippen molar-refractivity contribution in [2.45, 2.75) is 19.0 Å². The Morgan fingerprint density at radius 3 is 2.88 bits per heavy atom. The van der Waals surface area contributed by atoms with Crippen LogP contribution >= 0.6 is 0 Å². The molecule has 0 bridgehead atoms. The van der Waals surface area contributed by atoms with E-state index in [1.807, 2.05) is 0 Å². The summed E-state index contributed by atoms with van der Waals surface area (Å²) in [6.45, 7) is 0.699. The van der Waals surface area contributed by atoms with Crippen LogP contribution in [-0.4, -0.2) is 23.5 Å². The number of ether oxygens (including phenoxy) is 1. The molecule has 0 spiro atoms. The van der Waals surface area contributed by atoms with Crippen LogP contribution in [0.1, 0.15) is 12.0 Å². The van der Waals surface area contributed by atoms with Crippen molar-refractivity contribution in [1.29, 1.82) is 0 Å². The fourth-order valence-electron chi connectivity index (χ4n) is 1.75. The Morgan fingerprint density at radius 2 is 2.24 bits per heavy atom. The molecule has 1 aliphatic heterocycles. The molecule has 17 heavy (non-hydrogen) atoms. The number of nitrogens with one attached hydrogen (secondary N) is 1. The molecule has 1 fully saturated rings. The third kappa shape index (κ3) is 2.59. The summed E-state index contributed by atoms with van der Waals surface area (Å²) < 4.78 is 4.80. The van der Waals surface area contributed by atoms with E-state index in [9.17, 15) is 14.9 Å². The molecule has 1 N–H and O–H groups in total. The van der Waals surface area contributed by atoms with Crippen molar-refractivity contribution in [2.75, 3.05) is 6.61 Å². The zero-order valence-electron chi connectivity index (χ0n) is 9.09. The van der Waals surface area contributed by atoms with Crippen LogP contribution in [0.4, 0.5) is 5.69 Å². The number of benzene rings is 1. The average Bonchev–Trinajstić information content (AvgIpc) is 2.72. The smallest absolute Gasteiger partial charge is 0.323 e. The molecular formula is C11H12N2O4. The molecule has 0 aromatic heterocycles. The van der Waals surface area contributed by atoms with Crippen LogP contribution in [-0.2, 0) is 16.1 Å². The highest BCUT2D eigenvalue weighted by atomic mass is 16.6. The lowest BCUT2D eigenvalue weighted by Gasteiger charge is -2.08. The summed E-state index contributed by atoms with van der Waals surface area (Å²) in [5.41, 5.74) is 0.628. The largest absolute Gasteiger partial charge is 0.464 e. The summed E-state index contributed by atoms with van der Waals surface area (Å²) in [6, 6.07) is 6.12. The summed E-state index contributed by atoms with van der Waals surface area (Å²) in [6.07, 6.45) is 0.611. The molecule has 0 aliphatic carbocycles. The van der Waals surface area contributed by atoms with E-state index in [4.69, 9.17) is 4.74 Å². The molecular weight excluding hydrogens is 224 g/mol. The average molecular weight is 236 g/mol. The van der Waals surface area contributed by atoms with E-state index >= 15 is 0 Å². The standard InChI is InChI=1S/C11H12N2O4/c14-11-9(5-6-17-11)12-7-8-3-1-2-4-10(8)13(15)16/h1-4,9,12H,5-7H2. The third-order valence-electron chi connectivity index (χ3n) is 2.66. The number of hydrogen-bond donors (Lipinski definition) is 1. The Morgan fingerprint density at radius 1 is 1.47 bits per heavy atom. The van der Waals surface area contributed by atoms with Gasteiger partial charge in [0.15, 0.2) is 0 Å². The first kappa shape index (κ1) is 11.5. The van der Waals surface area contributed by atoms with Crippen molar-refractivity contribution in [3.63, 3.8) is 0 Å². The number of esters is 1. The number of cyclic esters (lactones) is 1. The molecule has 1 atom stereocenters. The van der Waals surface area contributed by atoms with E-state index in [2.05, 4.69) is 5.32 Å². The normalized spacial score (nSPS) is 19.1. The Labute approximate surface area is 97.7 Å². The van der Waals surface area contributed by atoms with E-state index in [0.717, 1.165) is 0 Å². The van der Waals surface area contributed by atoms with Gasteiger partial charge in [0, 0.05) is 24.6 Å². The minimum atomic E-state index is -0.427. The Kier molecular flexibility index (Phi) is 3.34. The predicted octanol–water partition coefficient (Wildman–Crippen LogP) is 1.000. The first-order valence-corrected chi connectivity index (χ1v) is 5.31. The molecule has 1 aliphatic rings. The van der Waals surface area contributed by atoms with Gasteiger partial charge >= 0.3 is 5.97 Å². The SMILES string of the molecule is O=C1OCCC1NCc1ccccc1[N+](=O)[O-]. The van der Waals surface area contributed by atoms with Crippen LogP contribution in [0, 0.1) is 10.1 Å². The van der Waals surface area contributed by atoms with Crippen molar-refractivity contribution in [3.05, 3.63) is 39.9 Å². The van der Waals surface area contributed by atoms with E-state index in [1.54, 1.807) is 18.2 Å². The zero-order chi connectivity index (χ0) is 12.3. The van der Waals surface area contributed by atoms with Crippen LogP contribution in [0.2, 0.25) is 0 Å². The third-order valence-corrected chi connectivity index (χ3v) is 2.66. The van der Waals surface area contributed by atoms with Crippen molar-refractivity contribution in [1.82, 2.24) is 5.32 Å². The number of nitro benzene ring substituents is 1. The molecule has 1 unspecified atom stereocenters. The number of para-hydroxylation sites is 1. The van der Waals surface area contributed by atoms with E-state index < -0.39 is 4.92 Å². The minimum Gasteiger partial charge on any atom is -0.464 e. The van der Waals surface area contributed by atoms with Crippen molar-refractivity contribution in [3.8, 4) is 0 Å². The lowest BCUT2D eigenvalue weighted by Crippen LogP contribution is -2.32. The highest BCUT2D eigenvalue weighted by Gasteiger charge is 2.26. The van der Waals surface area contributed by atoms with Crippen molar-refractivity contribution < 1.29 is 14.5 Å². The Hall–Kier alpha value is -1.95. The minimum absolute atomic E-state index is 0.0614. The van der Waals surface area contributed by atoms with E-state index in [1.165, 1.54) is 6.07 Å². The van der Waals surface area contributed by atoms with Gasteiger partial charge in [-0.2, -0.15) is 0 Å². The molecule has 0 amide bonds. The number of nitrogens with zero attached hydrogens (tertiary/aromatic N) is 1. The summed E-state index contributed by atoms with van der Waals surface area (Å²) in [7, 11) is 0. The van der Waals surface area contributed by atoms with Crippen LogP contribution in [0.5, 0.6) is 0 Å². The first-order chi connectivity index (χ1) is 8.18. The van der Waals surface area contributed by atoms with Gasteiger partial charge in [0.2, 0.25) is 0 Å². The maximum absolute atomic E-state index is 11.2. The Balaban J connectivity index is 2.03. The highest BCUT2D eigenvalue weighted by molar-refractivity contribution is 5.77. The second kappa shape index (κ2) is 4.92. The lowest BCUT2D eigenvalue weighted by molar-refractivity contribution is -0.385. The van der Waals surface area contributed by atoms with Crippen LogP contribution in [0.15, 0.2) is 24.3 Å². The van der Waals surface area contributed by atoms with Crippen molar-refractivity contribution >= 4 is 11.7 Å². The van der Waals surface area contributed by atoms with Gasteiger partial charge in [0.1, 0.15) is 6.04 Å². The summed E-state index contributed by atoms with van der Waals surface area (Å²) in [5.74, 6) is -0.288. The number of carbonyl (C=O) groups is 1. The summed E-state index contributed by atoms with van der Waals surface area (Å²) in [5, 5.41) is 13.7. The molecule has 6 heteroatoms. The van der Waals surface area contributed by atoms with Gasteiger partial charge in [-0.05, 0) is 0 Å². The molecule has 1 aromatic carbocycles. The Bertz CT molecular complexity index is 447. The highest BCUT2D eigenvalue weighted by Crippen LogP contribution is 2.18. The fraction of sp³-hybridized carbons (Fsp3) is 0.364. The first-order valence-electron chi connectivity index (χ1n) is 5.31. The molecule has 90 valence electrons. The second-order valence-electron chi connectivity index (χ2n) is 3.78. The topological polar surface area (TPSA) is 81.5 Å². The summed E-state index contributed by atoms with van der Waals surface area (Å²) in [4.78, 5) is 21.5. The van der Waals surface area contributed by atoms with E-state index in [-0.39, 0.29) is 24.2 Å². The number of rotatable bonds is 4. The number of carbonyl (C=O) groups excluding carboxylic acids is 1. The molecule has 6 nitrogen and oxygen atoms in total. The van der Waals surface area contributed by atoms with E-state index in [0.29, 0.717) is 18.6 Å². The number of hydrogen-bond acceptors (Lipinski definition) is 5. The van der Waals surface area contributed by atoms with Crippen molar-refractivity contribution in [2.24, 2.45) is 0 Å². The van der Waals surface area contributed by atoms with Gasteiger partial charge < -0.3 is 4.74 Å². The zero-order valence-corrected chi connectivity index (χ0v) is 9.09. The quantitative estimate of drug-likeness (QED) is 0.479. The maximum atomic E-state index is 11.2. The predicted molar refractivity (Wildman–Crippen MR) is 59.3 cm³/mol. The molecule has 0 saturated carbocycles. The second-order valence-corrected chi connectivity index (χ2v) is 3.78. The molecule has 1 aromatic rings. The summed E-state index contributed by atoms with van der Waals surface area (Å²) >= 11 is 0. The van der Waals surface area contributed by atoms with Crippen LogP contribution < -0.4 is 5.32 Å². The van der Waals surface area contributed by atoms with Gasteiger partial charge in [-0.3, -0.25) is 20.2 Å². The van der Waals surface area contributed by atoms with Crippen LogP contribution in [0.3, 0.4) is 0 Å². The molecule has 2 rings (SSSR count). The number of nitro groups is 1. The van der Waals surface area contributed by atoms with Crippen LogP contribution in [0.25, 0.3) is 0 Å². The van der Waals surface area contributed by atoms with Gasteiger partial charge in [-0.15, -0.1) is 0 Å². The molecule has 0 radical (unpaired) electrons. The van der Waals surface area contributed by atoms with Gasteiger partial charge in [0.05, 0.1) is 11.5 Å². The fourth-order valence-corrected chi connectivity index (χ4v) is 1.75. The van der Waals surface area contributed by atoms with Gasteiger partial charge in [-0.1, -0.05) is 18.2 Å².